The van der Waals surface area contributed by atoms with Crippen molar-refractivity contribution in [2.75, 3.05) is 20.3 Å². The molecule has 0 heterocycles. The van der Waals surface area contributed by atoms with Crippen molar-refractivity contribution in [2.45, 2.75) is 0 Å². The highest BCUT2D eigenvalue weighted by Gasteiger charge is 1.85. The van der Waals surface area contributed by atoms with Gasteiger partial charge in [0.25, 0.3) is 0 Å². The van der Waals surface area contributed by atoms with Crippen molar-refractivity contribution >= 4 is 0 Å². The first-order valence-corrected chi connectivity index (χ1v) is 2.21. The molecule has 1 N–H and O–H groups in total. The highest BCUT2D eigenvalue weighted by Crippen LogP contribution is 1.75. The average molecular weight is 101 g/mol. The number of aliphatic hydroxyl groups excluding tert-OH is 1. The summed E-state index contributed by atoms with van der Waals surface area (Å²) in [6.45, 7) is 4.35. The molecular weight excluding hydrogens is 90.1 g/mol. The number of hydrogen-bond donors (Lipinski definition) is 1. The van der Waals surface area contributed by atoms with Crippen LogP contribution >= 0.6 is 0 Å². The predicted molar refractivity (Wildman–Crippen MR) is 29.9 cm³/mol. The van der Waals surface area contributed by atoms with Gasteiger partial charge in [-0.2, -0.15) is 0 Å². The molecule has 0 aliphatic heterocycles. The first-order valence-electron chi connectivity index (χ1n) is 2.21. The lowest BCUT2D eigenvalue weighted by Crippen LogP contribution is -2.18. The summed E-state index contributed by atoms with van der Waals surface area (Å²) in [6, 6.07) is 0. The van der Waals surface area contributed by atoms with Gasteiger partial charge in [-0.05, 0) is 7.05 Å². The first-order chi connectivity index (χ1) is 3.31. The highest BCUT2D eigenvalue weighted by molar-refractivity contribution is 4.68. The fraction of sp³-hybridized carbons (Fsp3) is 0.600. The molecule has 0 unspecified atom stereocenters. The Kier molecular flexibility index (Phi) is 3.65. The van der Waals surface area contributed by atoms with Gasteiger partial charge < -0.3 is 5.11 Å². The van der Waals surface area contributed by atoms with Crippen LogP contribution in [-0.2, 0) is 0 Å². The maximum Gasteiger partial charge on any atom is 0.0956 e. The number of rotatable bonds is 3. The van der Waals surface area contributed by atoms with Crippen LogP contribution in [0.3, 0.4) is 0 Å². The van der Waals surface area contributed by atoms with Gasteiger partial charge in [-0.15, -0.1) is 6.58 Å². The maximum atomic E-state index is 8.34. The second-order valence-corrected chi connectivity index (χ2v) is 1.47. The van der Waals surface area contributed by atoms with Gasteiger partial charge in [0.2, 0.25) is 0 Å². The van der Waals surface area contributed by atoms with E-state index in [0.717, 1.165) is 6.54 Å². The molecule has 0 saturated carbocycles. The van der Waals surface area contributed by atoms with Crippen LogP contribution in [0.2, 0.25) is 0 Å². The molecule has 0 aromatic rings. The molecule has 0 saturated heterocycles. The minimum atomic E-state index is 0.103. The number of aliphatic hydroxyl groups is 1. The van der Waals surface area contributed by atoms with E-state index >= 15 is 0 Å². The normalized spacial score (nSPS) is 9.57. The smallest absolute Gasteiger partial charge is 0.0956 e. The molecule has 0 aliphatic rings. The summed E-state index contributed by atoms with van der Waals surface area (Å²) < 4.78 is 0. The summed E-state index contributed by atoms with van der Waals surface area (Å²) in [5.74, 6) is 0. The van der Waals surface area contributed by atoms with E-state index in [0.29, 0.717) is 0 Å². The summed E-state index contributed by atoms with van der Waals surface area (Å²) >= 11 is 0. The van der Waals surface area contributed by atoms with E-state index in [1.165, 1.54) is 0 Å². The van der Waals surface area contributed by atoms with Gasteiger partial charge in [0.1, 0.15) is 0 Å². The van der Waals surface area contributed by atoms with Crippen molar-refractivity contribution in [3.8, 4) is 0 Å². The van der Waals surface area contributed by atoms with Gasteiger partial charge >= 0.3 is 0 Å². The minimum Gasteiger partial charge on any atom is -0.381 e. The Labute approximate surface area is 44.1 Å². The molecule has 2 nitrogen and oxygen atoms in total. The summed E-state index contributed by atoms with van der Waals surface area (Å²) in [5.41, 5.74) is 0. The van der Waals surface area contributed by atoms with Crippen LogP contribution in [-0.4, -0.2) is 30.3 Å². The first kappa shape index (κ1) is 6.66. The van der Waals surface area contributed by atoms with Crippen LogP contribution in [0.5, 0.6) is 0 Å². The molecular formula is C5H11NO. The van der Waals surface area contributed by atoms with Gasteiger partial charge in [-0.25, -0.2) is 0 Å². The molecule has 0 rings (SSSR count). The second-order valence-electron chi connectivity index (χ2n) is 1.47. The summed E-state index contributed by atoms with van der Waals surface area (Å²) in [7, 11) is 1.82. The molecule has 0 fully saturated rings. The molecule has 0 bridgehead atoms. The summed E-state index contributed by atoms with van der Waals surface area (Å²) in [4.78, 5) is 1.74. The zero-order valence-electron chi connectivity index (χ0n) is 4.59. The Morgan fingerprint density at radius 3 is 2.57 bits per heavy atom. The van der Waals surface area contributed by atoms with Crippen LogP contribution in [0, 0.1) is 0 Å². The molecule has 0 amide bonds. The van der Waals surface area contributed by atoms with Gasteiger partial charge in [-0.3, -0.25) is 4.90 Å². The SMILES string of the molecule is C=CCN(C)CO. The van der Waals surface area contributed by atoms with E-state index in [9.17, 15) is 0 Å². The number of nitrogens with zero attached hydrogens (tertiary/aromatic N) is 1. The Morgan fingerprint density at radius 1 is 1.86 bits per heavy atom. The molecule has 0 spiro atoms. The molecule has 7 heavy (non-hydrogen) atoms. The third-order valence-electron chi connectivity index (χ3n) is 0.682. The Bertz CT molecular complexity index is 54.0. The van der Waals surface area contributed by atoms with Crippen LogP contribution in [0.4, 0.5) is 0 Å². The third kappa shape index (κ3) is 3.49. The summed E-state index contributed by atoms with van der Waals surface area (Å²) in [5, 5.41) is 8.34. The zero-order chi connectivity index (χ0) is 5.70. The van der Waals surface area contributed by atoms with E-state index in [1.807, 2.05) is 7.05 Å². The molecule has 0 radical (unpaired) electrons. The van der Waals surface area contributed by atoms with Crippen molar-refractivity contribution in [1.82, 2.24) is 4.90 Å². The van der Waals surface area contributed by atoms with E-state index in [-0.39, 0.29) is 6.73 Å². The van der Waals surface area contributed by atoms with E-state index in [2.05, 4.69) is 6.58 Å². The van der Waals surface area contributed by atoms with Crippen molar-refractivity contribution in [2.24, 2.45) is 0 Å². The minimum absolute atomic E-state index is 0.103. The van der Waals surface area contributed by atoms with Crippen LogP contribution in [0.25, 0.3) is 0 Å². The van der Waals surface area contributed by atoms with Crippen LogP contribution < -0.4 is 0 Å². The van der Waals surface area contributed by atoms with Gasteiger partial charge in [0.05, 0.1) is 6.73 Å². The lowest BCUT2D eigenvalue weighted by molar-refractivity contribution is 0.144. The van der Waals surface area contributed by atoms with Crippen molar-refractivity contribution in [3.63, 3.8) is 0 Å². The van der Waals surface area contributed by atoms with E-state index in [1.54, 1.807) is 11.0 Å². The molecule has 0 aromatic carbocycles. The summed E-state index contributed by atoms with van der Waals surface area (Å²) in [6.07, 6.45) is 1.75. The highest BCUT2D eigenvalue weighted by atomic mass is 16.3. The zero-order valence-corrected chi connectivity index (χ0v) is 4.59. The van der Waals surface area contributed by atoms with Crippen molar-refractivity contribution in [3.05, 3.63) is 12.7 Å². The topological polar surface area (TPSA) is 23.5 Å². The van der Waals surface area contributed by atoms with Gasteiger partial charge in [-0.1, -0.05) is 6.08 Å². The number of hydrogen-bond acceptors (Lipinski definition) is 2. The van der Waals surface area contributed by atoms with Crippen molar-refractivity contribution in [1.29, 1.82) is 0 Å². The maximum absolute atomic E-state index is 8.34. The molecule has 2 heteroatoms. The molecule has 0 aromatic heterocycles. The van der Waals surface area contributed by atoms with Crippen LogP contribution in [0.1, 0.15) is 0 Å². The largest absolute Gasteiger partial charge is 0.381 e. The monoisotopic (exact) mass is 101 g/mol. The lowest BCUT2D eigenvalue weighted by Gasteiger charge is -2.07. The van der Waals surface area contributed by atoms with Crippen molar-refractivity contribution < 1.29 is 5.11 Å². The fourth-order valence-electron chi connectivity index (χ4n) is 0.278. The predicted octanol–water partition coefficient (Wildman–Crippen LogP) is 0.0540. The third-order valence-corrected chi connectivity index (χ3v) is 0.682. The lowest BCUT2D eigenvalue weighted by atomic mass is 10.6. The second kappa shape index (κ2) is 3.84. The number of likely N-dealkylation sites (N-methyl/N-ethyl adjacent to an activating group) is 1. The van der Waals surface area contributed by atoms with E-state index < -0.39 is 0 Å². The molecule has 42 valence electrons. The van der Waals surface area contributed by atoms with Crippen LogP contribution in [0.15, 0.2) is 12.7 Å². The fourth-order valence-corrected chi connectivity index (χ4v) is 0.278. The van der Waals surface area contributed by atoms with E-state index in [4.69, 9.17) is 5.11 Å². The Balaban J connectivity index is 2.98. The Morgan fingerprint density at radius 2 is 2.43 bits per heavy atom. The van der Waals surface area contributed by atoms with Gasteiger partial charge in [0, 0.05) is 6.54 Å². The standard InChI is InChI=1S/C5H11NO/c1-3-4-6(2)5-7/h3,7H,1,4-5H2,2H3. The van der Waals surface area contributed by atoms with Gasteiger partial charge in [0.15, 0.2) is 0 Å². The Hall–Kier alpha value is -0.340. The average Bonchev–Trinajstić information content (AvgIpc) is 1.68. The quantitative estimate of drug-likeness (QED) is 0.401. The molecule has 0 aliphatic carbocycles. The molecule has 0 atom stereocenters.